The van der Waals surface area contributed by atoms with Crippen molar-refractivity contribution in [2.24, 2.45) is 0 Å². The monoisotopic (exact) mass is 187 g/mol. The maximum atomic E-state index is 11.2. The Labute approximate surface area is 103 Å². The molecule has 1 rings (SSSR count). The fraction of sp³-hybridized carbons (Fsp3) is 0.500. The molecule has 0 radical (unpaired) electrons. The quantitative estimate of drug-likeness (QED) is 0.428. The molecule has 0 unspecified atom stereocenters. The second-order valence-electron chi connectivity index (χ2n) is 2.18. The third kappa shape index (κ3) is 2.89. The summed E-state index contributed by atoms with van der Waals surface area (Å²) < 4.78 is 11.2. The molecule has 0 aliphatic rings. The van der Waals surface area contributed by atoms with Gasteiger partial charge in [0.15, 0.2) is 0 Å². The number of aromatic nitrogens is 3. The average Bonchev–Trinajstić information content (AvgIpc) is 2.08. The predicted octanol–water partition coefficient (Wildman–Crippen LogP) is -1.21. The molecule has 0 bridgehead atoms. The molecule has 0 atom stereocenters. The van der Waals surface area contributed by atoms with Crippen molar-refractivity contribution in [3.8, 4) is 0 Å². The summed E-state index contributed by atoms with van der Waals surface area (Å²) in [5, 5.41) is 10.1. The zero-order valence-corrected chi connectivity index (χ0v) is 6.22. The van der Waals surface area contributed by atoms with Gasteiger partial charge in [0.1, 0.15) is 5.03 Å². The topological polar surface area (TPSA) is 58.6 Å². The van der Waals surface area contributed by atoms with E-state index in [9.17, 15) is 4.21 Å². The van der Waals surface area contributed by atoms with Gasteiger partial charge >= 0.3 is 51.4 Å². The third-order valence-corrected chi connectivity index (χ3v) is 2.28. The number of nitrogens with one attached hydrogen (secondary N) is 1. The Morgan fingerprint density at radius 2 is 2.20 bits per heavy atom. The van der Waals surface area contributed by atoms with Crippen LogP contribution in [-0.4, -0.2) is 83.5 Å². The van der Waals surface area contributed by atoms with Gasteiger partial charge in [0, 0.05) is 0 Å². The Hall–Kier alpha value is 0.926. The van der Waals surface area contributed by atoms with Crippen LogP contribution in [0.2, 0.25) is 0 Å². The molecule has 0 spiro atoms. The van der Waals surface area contributed by atoms with Crippen molar-refractivity contribution < 1.29 is 4.21 Å². The Morgan fingerprint density at radius 1 is 1.60 bits per heavy atom. The summed E-state index contributed by atoms with van der Waals surface area (Å²) in [7, 11) is -2.18. The van der Waals surface area contributed by atoms with Crippen molar-refractivity contribution in [3.63, 3.8) is 0 Å². The van der Waals surface area contributed by atoms with Crippen LogP contribution in [0.15, 0.2) is 11.2 Å². The Balaban J connectivity index is 0.000000810. The van der Waals surface area contributed by atoms with E-state index in [2.05, 4.69) is 15.4 Å². The molecule has 6 heteroatoms. The molecular weight excluding hydrogens is 177 g/mol. The van der Waals surface area contributed by atoms with E-state index < -0.39 is 9.93 Å². The summed E-state index contributed by atoms with van der Waals surface area (Å²) in [6, 6.07) is 0. The van der Waals surface area contributed by atoms with Crippen LogP contribution in [0.4, 0.5) is 0 Å². The van der Waals surface area contributed by atoms with E-state index in [0.29, 0.717) is 5.03 Å². The van der Waals surface area contributed by atoms with Crippen molar-refractivity contribution in [3.05, 3.63) is 6.20 Å². The summed E-state index contributed by atoms with van der Waals surface area (Å²) in [6.45, 7) is 0. The van der Waals surface area contributed by atoms with Gasteiger partial charge in [0.2, 0.25) is 0 Å². The first-order valence-corrected chi connectivity index (χ1v) is 5.13. The van der Waals surface area contributed by atoms with Crippen LogP contribution in [0.25, 0.3) is 0 Å². The van der Waals surface area contributed by atoms with Crippen LogP contribution in [0.5, 0.6) is 0 Å². The first-order chi connectivity index (χ1) is 4.11. The van der Waals surface area contributed by atoms with Crippen molar-refractivity contribution in [1.29, 1.82) is 0 Å². The van der Waals surface area contributed by atoms with Gasteiger partial charge in [-0.3, -0.25) is 9.31 Å². The summed E-state index contributed by atoms with van der Waals surface area (Å²) in [5.41, 5.74) is 0. The zero-order chi connectivity index (χ0) is 6.91. The van der Waals surface area contributed by atoms with Crippen LogP contribution < -0.4 is 0 Å². The second kappa shape index (κ2) is 4.08. The molecule has 1 aromatic heterocycles. The Bertz CT molecular complexity index is 229. The molecule has 1 heterocycles. The fourth-order valence-electron chi connectivity index (χ4n) is 0.459. The van der Waals surface area contributed by atoms with Gasteiger partial charge in [0.05, 0.1) is 6.20 Å². The standard InChI is InChI=1S/C4H9N3OS.K.H/c1-9(2,8)4-3-5-7-6-4;;/h3,9H,1-2H3,(H,5,6,7);;. The van der Waals surface area contributed by atoms with Gasteiger partial charge in [-0.15, -0.1) is 5.10 Å². The molecule has 0 aliphatic heterocycles. The van der Waals surface area contributed by atoms with E-state index in [1.165, 1.54) is 0 Å². The maximum absolute atomic E-state index is 11.2. The molecule has 0 aromatic carbocycles. The van der Waals surface area contributed by atoms with Gasteiger partial charge in [0.25, 0.3) is 0 Å². The van der Waals surface area contributed by atoms with Gasteiger partial charge in [-0.1, -0.05) is 15.1 Å². The summed E-state index contributed by atoms with van der Waals surface area (Å²) in [4.78, 5) is 0. The van der Waals surface area contributed by atoms with Gasteiger partial charge in [-0.2, -0.15) is 0 Å². The molecule has 1 N–H and O–H groups in total. The Kier molecular flexibility index (Phi) is 4.46. The first-order valence-electron chi connectivity index (χ1n) is 2.53. The number of hydrogen-bond acceptors (Lipinski definition) is 3. The second-order valence-corrected chi connectivity index (χ2v) is 5.34. The van der Waals surface area contributed by atoms with Crippen LogP contribution >= 0.6 is 0 Å². The van der Waals surface area contributed by atoms with Gasteiger partial charge in [-0.25, -0.2) is 0 Å². The van der Waals surface area contributed by atoms with Crippen molar-refractivity contribution in [1.82, 2.24) is 15.4 Å². The molecule has 0 saturated carbocycles. The number of aromatic amines is 1. The zero-order valence-electron chi connectivity index (χ0n) is 5.33. The molecular formula is C4H10KN3OS. The molecule has 0 aliphatic carbocycles. The van der Waals surface area contributed by atoms with Crippen LogP contribution in [0.3, 0.4) is 0 Å². The number of hydrogen-bond donors (Lipinski definition) is 2. The van der Waals surface area contributed by atoms with E-state index in [1.807, 2.05) is 0 Å². The van der Waals surface area contributed by atoms with E-state index in [4.69, 9.17) is 0 Å². The average molecular weight is 187 g/mol. The number of rotatable bonds is 1. The Morgan fingerprint density at radius 3 is 2.40 bits per heavy atom. The third-order valence-electron chi connectivity index (χ3n) is 0.956. The minimum atomic E-state index is -2.18. The number of thiol groups is 1. The van der Waals surface area contributed by atoms with E-state index in [1.54, 1.807) is 18.7 Å². The molecule has 10 heavy (non-hydrogen) atoms. The summed E-state index contributed by atoms with van der Waals surface area (Å²) in [5.74, 6) is 0. The van der Waals surface area contributed by atoms with E-state index in [-0.39, 0.29) is 51.4 Å². The number of nitrogens with zero attached hydrogens (tertiary/aromatic N) is 2. The van der Waals surface area contributed by atoms with Crippen LogP contribution in [0.1, 0.15) is 0 Å². The fourth-order valence-corrected chi connectivity index (χ4v) is 1.09. The van der Waals surface area contributed by atoms with Crippen LogP contribution in [-0.2, 0) is 9.93 Å². The molecule has 0 fully saturated rings. The first kappa shape index (κ1) is 10.9. The summed E-state index contributed by atoms with van der Waals surface area (Å²) >= 11 is 0. The number of H-pyrrole nitrogens is 1. The molecule has 54 valence electrons. The predicted molar refractivity (Wildman–Crippen MR) is 43.2 cm³/mol. The molecule has 1 aromatic rings. The van der Waals surface area contributed by atoms with E-state index >= 15 is 0 Å². The van der Waals surface area contributed by atoms with E-state index in [0.717, 1.165) is 0 Å². The molecule has 4 nitrogen and oxygen atoms in total. The molecule has 0 saturated heterocycles. The summed E-state index contributed by atoms with van der Waals surface area (Å²) in [6.07, 6.45) is 4.87. The minimum absolute atomic E-state index is 0. The van der Waals surface area contributed by atoms with Gasteiger partial charge in [-0.05, 0) is 12.5 Å². The van der Waals surface area contributed by atoms with Crippen molar-refractivity contribution >= 4 is 61.3 Å². The van der Waals surface area contributed by atoms with Crippen molar-refractivity contribution in [2.45, 2.75) is 5.03 Å². The molecule has 0 amide bonds. The van der Waals surface area contributed by atoms with Gasteiger partial charge < -0.3 is 0 Å². The normalized spacial score (nSPS) is 12.2. The van der Waals surface area contributed by atoms with Crippen molar-refractivity contribution in [2.75, 3.05) is 12.5 Å². The van der Waals surface area contributed by atoms with Crippen LogP contribution in [0, 0.1) is 0 Å². The SMILES string of the molecule is C[SH](C)(=O)c1c[nH]nn1.[KH].